The number of carboxylic acid groups (broad SMARTS) is 1. The van der Waals surface area contributed by atoms with Gasteiger partial charge in [-0.2, -0.15) is 0 Å². The molecule has 104 valence electrons. The summed E-state index contributed by atoms with van der Waals surface area (Å²) < 4.78 is 4.84. The van der Waals surface area contributed by atoms with Crippen molar-refractivity contribution < 1.29 is 19.2 Å². The number of aliphatic carboxylic acids is 1. The third-order valence-electron chi connectivity index (χ3n) is 2.52. The summed E-state index contributed by atoms with van der Waals surface area (Å²) >= 11 is 0. The average molecular weight is 275 g/mol. The van der Waals surface area contributed by atoms with Gasteiger partial charge in [0.15, 0.2) is 5.76 Å². The first-order valence-corrected chi connectivity index (χ1v) is 5.89. The minimum absolute atomic E-state index is 0.154. The molecule has 0 atom stereocenters. The quantitative estimate of drug-likeness (QED) is 0.769. The van der Waals surface area contributed by atoms with Gasteiger partial charge in [0, 0.05) is 11.8 Å². The number of urea groups is 1. The van der Waals surface area contributed by atoms with E-state index < -0.39 is 12.0 Å². The number of amides is 2. The van der Waals surface area contributed by atoms with Crippen molar-refractivity contribution >= 4 is 17.7 Å². The number of carbonyl (C=O) groups is 2. The number of benzene rings is 1. The molecule has 2 aromatic rings. The molecule has 0 aliphatic carbocycles. The fraction of sp³-hybridized carbons (Fsp3) is 0.154. The molecule has 20 heavy (non-hydrogen) atoms. The van der Waals surface area contributed by atoms with E-state index in [0.717, 1.165) is 0 Å². The molecule has 7 heteroatoms. The largest absolute Gasteiger partial charge is 0.481 e. The number of nitrogens with zero attached hydrogens (tertiary/aromatic N) is 1. The topological polar surface area (TPSA) is 104 Å². The van der Waals surface area contributed by atoms with Crippen LogP contribution < -0.4 is 10.6 Å². The summed E-state index contributed by atoms with van der Waals surface area (Å²) in [4.78, 5) is 22.5. The molecule has 0 radical (unpaired) electrons. The molecule has 1 aromatic heterocycles. The Labute approximate surface area is 114 Å². The van der Waals surface area contributed by atoms with Crippen molar-refractivity contribution in [2.24, 2.45) is 0 Å². The van der Waals surface area contributed by atoms with E-state index in [1.165, 1.54) is 6.20 Å². The van der Waals surface area contributed by atoms with Crippen molar-refractivity contribution in [2.45, 2.75) is 13.0 Å². The van der Waals surface area contributed by atoms with E-state index in [-0.39, 0.29) is 13.0 Å². The van der Waals surface area contributed by atoms with E-state index in [9.17, 15) is 9.59 Å². The predicted octanol–water partition coefficient (Wildman–Crippen LogP) is 1.62. The summed E-state index contributed by atoms with van der Waals surface area (Å²) in [6.07, 6.45) is 1.33. The van der Waals surface area contributed by atoms with Gasteiger partial charge in [-0.05, 0) is 11.6 Å². The molecule has 2 rings (SSSR count). The maximum atomic E-state index is 11.7. The van der Waals surface area contributed by atoms with Crippen molar-refractivity contribution in [3.63, 3.8) is 0 Å². The maximum absolute atomic E-state index is 11.7. The number of carboxylic acids is 1. The van der Waals surface area contributed by atoms with Crippen LogP contribution in [0.1, 0.15) is 11.3 Å². The molecule has 0 fully saturated rings. The number of rotatable bonds is 5. The molecular weight excluding hydrogens is 262 g/mol. The number of carbonyl (C=O) groups excluding carboxylic acids is 1. The van der Waals surface area contributed by atoms with Gasteiger partial charge in [0.1, 0.15) is 0 Å². The van der Waals surface area contributed by atoms with E-state index in [1.54, 1.807) is 30.3 Å². The zero-order chi connectivity index (χ0) is 14.4. The van der Waals surface area contributed by atoms with Gasteiger partial charge >= 0.3 is 12.0 Å². The highest BCUT2D eigenvalue weighted by molar-refractivity contribution is 5.90. The van der Waals surface area contributed by atoms with E-state index >= 15 is 0 Å². The second-order valence-corrected chi connectivity index (χ2v) is 4.01. The molecule has 0 aliphatic heterocycles. The summed E-state index contributed by atoms with van der Waals surface area (Å²) in [5.74, 6) is -0.430. The molecule has 0 spiro atoms. The third kappa shape index (κ3) is 3.84. The van der Waals surface area contributed by atoms with Gasteiger partial charge in [-0.3, -0.25) is 4.79 Å². The van der Waals surface area contributed by atoms with Crippen molar-refractivity contribution in [3.05, 3.63) is 47.9 Å². The van der Waals surface area contributed by atoms with Crippen LogP contribution in [-0.4, -0.2) is 22.3 Å². The summed E-state index contributed by atoms with van der Waals surface area (Å²) in [5, 5.41) is 17.5. The first-order chi connectivity index (χ1) is 9.65. The number of aromatic nitrogens is 1. The molecule has 0 saturated heterocycles. The Morgan fingerprint density at radius 3 is 2.75 bits per heavy atom. The van der Waals surface area contributed by atoms with Gasteiger partial charge in [0.05, 0.1) is 19.2 Å². The number of hydrogen-bond donors (Lipinski definition) is 3. The average Bonchev–Trinajstić information content (AvgIpc) is 2.91. The SMILES string of the molecule is O=C(O)Cc1ccccc1NC(=O)NCc1ccno1. The van der Waals surface area contributed by atoms with Gasteiger partial charge in [-0.15, -0.1) is 0 Å². The molecular formula is C13H13N3O4. The Morgan fingerprint density at radius 1 is 1.25 bits per heavy atom. The highest BCUT2D eigenvalue weighted by atomic mass is 16.5. The zero-order valence-corrected chi connectivity index (χ0v) is 10.5. The molecule has 7 nitrogen and oxygen atoms in total. The molecule has 1 heterocycles. The van der Waals surface area contributed by atoms with E-state index in [1.807, 2.05) is 0 Å². The Balaban J connectivity index is 1.95. The normalized spacial score (nSPS) is 10.0. The van der Waals surface area contributed by atoms with Crippen molar-refractivity contribution in [2.75, 3.05) is 5.32 Å². The van der Waals surface area contributed by atoms with Crippen molar-refractivity contribution in [1.29, 1.82) is 0 Å². The van der Waals surface area contributed by atoms with Crippen LogP contribution >= 0.6 is 0 Å². The summed E-state index contributed by atoms with van der Waals surface area (Å²) in [6.45, 7) is 0.201. The zero-order valence-electron chi connectivity index (χ0n) is 10.5. The summed E-state index contributed by atoms with van der Waals surface area (Å²) in [5.41, 5.74) is 1.000. The molecule has 0 bridgehead atoms. The predicted molar refractivity (Wildman–Crippen MR) is 70.1 cm³/mol. The van der Waals surface area contributed by atoms with Gasteiger partial charge in [0.2, 0.25) is 0 Å². The third-order valence-corrected chi connectivity index (χ3v) is 2.52. The molecule has 1 aromatic carbocycles. The summed E-state index contributed by atoms with van der Waals surface area (Å²) in [7, 11) is 0. The highest BCUT2D eigenvalue weighted by Crippen LogP contribution is 2.15. The molecule has 0 saturated carbocycles. The lowest BCUT2D eigenvalue weighted by Gasteiger charge is -2.10. The van der Waals surface area contributed by atoms with Gasteiger partial charge in [0.25, 0.3) is 0 Å². The molecule has 0 aliphatic rings. The smallest absolute Gasteiger partial charge is 0.319 e. The summed E-state index contributed by atoms with van der Waals surface area (Å²) in [6, 6.07) is 7.93. The number of anilines is 1. The number of nitrogens with one attached hydrogen (secondary N) is 2. The second kappa shape index (κ2) is 6.37. The lowest BCUT2D eigenvalue weighted by molar-refractivity contribution is -0.136. The first-order valence-electron chi connectivity index (χ1n) is 5.89. The van der Waals surface area contributed by atoms with Crippen LogP contribution in [-0.2, 0) is 17.8 Å². The lowest BCUT2D eigenvalue weighted by Crippen LogP contribution is -2.28. The maximum Gasteiger partial charge on any atom is 0.319 e. The fourth-order valence-electron chi connectivity index (χ4n) is 1.63. The minimum Gasteiger partial charge on any atom is -0.481 e. The van der Waals surface area contributed by atoms with Crippen LogP contribution in [0.3, 0.4) is 0 Å². The molecule has 2 amide bonds. The van der Waals surface area contributed by atoms with Crippen molar-refractivity contribution in [3.8, 4) is 0 Å². The fourth-order valence-corrected chi connectivity index (χ4v) is 1.63. The van der Waals surface area contributed by atoms with Crippen LogP contribution in [0.15, 0.2) is 41.1 Å². The Hall–Kier alpha value is -2.83. The molecule has 0 unspecified atom stereocenters. The van der Waals surface area contributed by atoms with Crippen LogP contribution in [0.4, 0.5) is 10.5 Å². The first kappa shape index (κ1) is 13.6. The van der Waals surface area contributed by atoms with E-state index in [0.29, 0.717) is 17.0 Å². The highest BCUT2D eigenvalue weighted by Gasteiger charge is 2.09. The van der Waals surface area contributed by atoms with E-state index in [4.69, 9.17) is 9.63 Å². The van der Waals surface area contributed by atoms with Gasteiger partial charge < -0.3 is 20.3 Å². The van der Waals surface area contributed by atoms with Crippen LogP contribution in [0.25, 0.3) is 0 Å². The molecule has 3 N–H and O–H groups in total. The Morgan fingerprint density at radius 2 is 2.05 bits per heavy atom. The van der Waals surface area contributed by atoms with Gasteiger partial charge in [-0.1, -0.05) is 23.4 Å². The van der Waals surface area contributed by atoms with Crippen molar-refractivity contribution in [1.82, 2.24) is 10.5 Å². The minimum atomic E-state index is -0.957. The van der Waals surface area contributed by atoms with Crippen LogP contribution in [0.5, 0.6) is 0 Å². The lowest BCUT2D eigenvalue weighted by atomic mass is 10.1. The van der Waals surface area contributed by atoms with Gasteiger partial charge in [-0.25, -0.2) is 4.79 Å². The second-order valence-electron chi connectivity index (χ2n) is 4.01. The number of hydrogen-bond acceptors (Lipinski definition) is 4. The standard InChI is InChI=1S/C13H13N3O4/c17-12(18)7-9-3-1-2-4-11(9)16-13(19)14-8-10-5-6-15-20-10/h1-6H,7-8H2,(H,17,18)(H2,14,16,19). The Kier molecular flexibility index (Phi) is 4.33. The Bertz CT molecular complexity index is 595. The monoisotopic (exact) mass is 275 g/mol. The van der Waals surface area contributed by atoms with E-state index in [2.05, 4.69) is 15.8 Å². The van der Waals surface area contributed by atoms with Crippen LogP contribution in [0.2, 0.25) is 0 Å². The number of para-hydroxylation sites is 1. The van der Waals surface area contributed by atoms with Crippen LogP contribution in [0, 0.1) is 0 Å².